The smallest absolute Gasteiger partial charge is 0.0641 e. The summed E-state index contributed by atoms with van der Waals surface area (Å²) >= 11 is 3.30. The molecular weight excluding hydrogens is 236 g/mol. The van der Waals surface area contributed by atoms with E-state index in [1.54, 1.807) is 23.5 Å². The van der Waals surface area contributed by atoms with Gasteiger partial charge >= 0.3 is 0 Å². The second kappa shape index (κ2) is 11.5. The third-order valence-corrected chi connectivity index (χ3v) is 3.88. The van der Waals surface area contributed by atoms with E-state index in [4.69, 9.17) is 10.8 Å². The first-order valence-electron chi connectivity index (χ1n) is 6.11. The minimum absolute atomic E-state index is 0.830. The predicted octanol–water partition coefficient (Wildman–Crippen LogP) is 4.79. The number of hydrogen-bond acceptors (Lipinski definition) is 4. The van der Waals surface area contributed by atoms with Gasteiger partial charge in [-0.05, 0) is 37.2 Å². The fourth-order valence-electron chi connectivity index (χ4n) is 1.42. The molecule has 0 aliphatic heterocycles. The highest BCUT2D eigenvalue weighted by Crippen LogP contribution is 2.13. The zero-order valence-electron chi connectivity index (χ0n) is 10.5. The van der Waals surface area contributed by atoms with Crippen molar-refractivity contribution >= 4 is 33.6 Å². The average molecular weight is 260 g/mol. The van der Waals surface area contributed by atoms with Gasteiger partial charge in [0.15, 0.2) is 0 Å². The van der Waals surface area contributed by atoms with Crippen molar-refractivity contribution in [3.63, 3.8) is 0 Å². The molecule has 0 aliphatic carbocycles. The summed E-state index contributed by atoms with van der Waals surface area (Å²) in [5.41, 5.74) is 0. The van der Waals surface area contributed by atoms with Crippen LogP contribution in [-0.2, 0) is 0 Å². The molecule has 0 aromatic carbocycles. The van der Waals surface area contributed by atoms with Gasteiger partial charge in [0.05, 0.1) is 10.1 Å². The Hall–Kier alpha value is 0.0400. The molecule has 0 bridgehead atoms. The highest BCUT2D eigenvalue weighted by atomic mass is 32.2. The Labute approximate surface area is 108 Å². The largest absolute Gasteiger partial charge is 0.298 e. The molecule has 2 nitrogen and oxygen atoms in total. The van der Waals surface area contributed by atoms with Crippen molar-refractivity contribution in [1.82, 2.24) is 0 Å². The van der Waals surface area contributed by atoms with Gasteiger partial charge in [0, 0.05) is 0 Å². The Balaban J connectivity index is 3.21. The monoisotopic (exact) mass is 260 g/mol. The molecular formula is C12H24N2S2. The minimum Gasteiger partial charge on any atom is -0.298 e. The Kier molecular flexibility index (Phi) is 11.6. The topological polar surface area (TPSA) is 47.7 Å². The van der Waals surface area contributed by atoms with E-state index in [2.05, 4.69) is 13.8 Å². The molecule has 0 atom stereocenters. The minimum atomic E-state index is 0.830. The number of rotatable bonds is 9. The molecule has 2 N–H and O–H groups in total. The number of nitrogens with one attached hydrogen (secondary N) is 2. The van der Waals surface area contributed by atoms with Crippen LogP contribution in [0.5, 0.6) is 0 Å². The van der Waals surface area contributed by atoms with Crippen LogP contribution in [0.3, 0.4) is 0 Å². The van der Waals surface area contributed by atoms with Crippen LogP contribution in [0.25, 0.3) is 0 Å². The summed E-state index contributed by atoms with van der Waals surface area (Å²) in [6, 6.07) is 0. The van der Waals surface area contributed by atoms with Crippen LogP contribution < -0.4 is 0 Å². The second-order valence-electron chi connectivity index (χ2n) is 3.63. The lowest BCUT2D eigenvalue weighted by atomic mass is 10.1. The second-order valence-corrected chi connectivity index (χ2v) is 6.34. The van der Waals surface area contributed by atoms with Gasteiger partial charge in [0.2, 0.25) is 0 Å². The van der Waals surface area contributed by atoms with Crippen molar-refractivity contribution in [3.05, 3.63) is 0 Å². The lowest BCUT2D eigenvalue weighted by molar-refractivity contribution is 0.668. The van der Waals surface area contributed by atoms with E-state index in [0.29, 0.717) is 0 Å². The highest BCUT2D eigenvalue weighted by molar-refractivity contribution is 8.14. The fraction of sp³-hybridized carbons (Fsp3) is 0.833. The summed E-state index contributed by atoms with van der Waals surface area (Å²) in [6.45, 7) is 4.19. The Bertz CT molecular complexity index is 183. The first-order chi connectivity index (χ1) is 7.70. The molecule has 0 unspecified atom stereocenters. The van der Waals surface area contributed by atoms with E-state index in [9.17, 15) is 0 Å². The SMILES string of the molecule is CCSC(=N)CCCCCCC(=N)SCC. The lowest BCUT2D eigenvalue weighted by Gasteiger charge is -2.03. The molecule has 0 aromatic heterocycles. The number of thioether (sulfide) groups is 2. The molecule has 0 saturated heterocycles. The molecule has 0 radical (unpaired) electrons. The molecule has 4 heteroatoms. The lowest BCUT2D eigenvalue weighted by Crippen LogP contribution is -1.93. The molecule has 94 valence electrons. The molecule has 0 aromatic rings. The maximum absolute atomic E-state index is 7.62. The average Bonchev–Trinajstić information content (AvgIpc) is 2.24. The summed E-state index contributed by atoms with van der Waals surface area (Å²) < 4.78 is 0. The summed E-state index contributed by atoms with van der Waals surface area (Å²) in [6.07, 6.45) is 6.58. The van der Waals surface area contributed by atoms with Crippen LogP contribution in [-0.4, -0.2) is 21.6 Å². The number of hydrogen-bond donors (Lipinski definition) is 2. The normalized spacial score (nSPS) is 10.4. The summed E-state index contributed by atoms with van der Waals surface area (Å²) in [5.74, 6) is 2.04. The van der Waals surface area contributed by atoms with Crippen LogP contribution in [0.1, 0.15) is 52.4 Å². The van der Waals surface area contributed by atoms with Gasteiger partial charge in [0.1, 0.15) is 0 Å². The third-order valence-electron chi connectivity index (χ3n) is 2.19. The summed E-state index contributed by atoms with van der Waals surface area (Å²) in [5, 5.41) is 16.9. The van der Waals surface area contributed by atoms with Gasteiger partial charge in [-0.25, -0.2) is 0 Å². The quantitative estimate of drug-likeness (QED) is 0.356. The van der Waals surface area contributed by atoms with Crippen LogP contribution >= 0.6 is 23.5 Å². The van der Waals surface area contributed by atoms with E-state index in [-0.39, 0.29) is 0 Å². The van der Waals surface area contributed by atoms with Gasteiger partial charge in [0.25, 0.3) is 0 Å². The maximum atomic E-state index is 7.62. The van der Waals surface area contributed by atoms with Crippen LogP contribution in [0, 0.1) is 10.8 Å². The van der Waals surface area contributed by atoms with Crippen molar-refractivity contribution in [3.8, 4) is 0 Å². The van der Waals surface area contributed by atoms with E-state index >= 15 is 0 Å². The molecule has 0 amide bonds. The van der Waals surface area contributed by atoms with Crippen molar-refractivity contribution in [2.45, 2.75) is 52.4 Å². The highest BCUT2D eigenvalue weighted by Gasteiger charge is 1.98. The Morgan fingerprint density at radius 1 is 0.750 bits per heavy atom. The molecule has 0 fully saturated rings. The molecule has 0 saturated carbocycles. The number of unbranched alkanes of at least 4 members (excludes halogenated alkanes) is 3. The Morgan fingerprint density at radius 3 is 1.44 bits per heavy atom. The fourth-order valence-corrected chi connectivity index (χ4v) is 2.69. The molecule has 16 heavy (non-hydrogen) atoms. The van der Waals surface area contributed by atoms with Crippen molar-refractivity contribution in [2.24, 2.45) is 0 Å². The van der Waals surface area contributed by atoms with E-state index in [1.165, 1.54) is 12.8 Å². The molecule has 0 spiro atoms. The van der Waals surface area contributed by atoms with Crippen LogP contribution in [0.15, 0.2) is 0 Å². The van der Waals surface area contributed by atoms with Crippen molar-refractivity contribution in [1.29, 1.82) is 10.8 Å². The zero-order chi connectivity index (χ0) is 12.2. The molecule has 0 rings (SSSR count). The molecule has 0 aliphatic rings. The summed E-state index contributed by atoms with van der Waals surface area (Å²) in [4.78, 5) is 0. The van der Waals surface area contributed by atoms with Crippen LogP contribution in [0.4, 0.5) is 0 Å². The van der Waals surface area contributed by atoms with E-state index < -0.39 is 0 Å². The van der Waals surface area contributed by atoms with E-state index in [1.807, 2.05) is 0 Å². The first kappa shape index (κ1) is 16.0. The van der Waals surface area contributed by atoms with Crippen LogP contribution in [0.2, 0.25) is 0 Å². The zero-order valence-corrected chi connectivity index (χ0v) is 12.1. The summed E-state index contributed by atoms with van der Waals surface area (Å²) in [7, 11) is 0. The van der Waals surface area contributed by atoms with Gasteiger partial charge in [-0.2, -0.15) is 0 Å². The van der Waals surface area contributed by atoms with E-state index in [0.717, 1.165) is 47.3 Å². The third kappa shape index (κ3) is 10.6. The standard InChI is InChI=1S/C12H24N2S2/c1-3-15-11(13)9-7-5-6-8-10-12(14)16-4-2/h13-14H,3-10H2,1-2H3. The molecule has 0 heterocycles. The maximum Gasteiger partial charge on any atom is 0.0641 e. The Morgan fingerprint density at radius 2 is 1.12 bits per heavy atom. The van der Waals surface area contributed by atoms with Crippen molar-refractivity contribution < 1.29 is 0 Å². The predicted molar refractivity (Wildman–Crippen MR) is 79.4 cm³/mol. The van der Waals surface area contributed by atoms with Gasteiger partial charge in [-0.1, -0.05) is 26.7 Å². The van der Waals surface area contributed by atoms with Gasteiger partial charge < -0.3 is 0 Å². The van der Waals surface area contributed by atoms with Crippen molar-refractivity contribution in [2.75, 3.05) is 11.5 Å². The van der Waals surface area contributed by atoms with Gasteiger partial charge in [-0.15, -0.1) is 23.5 Å². The van der Waals surface area contributed by atoms with Gasteiger partial charge in [-0.3, -0.25) is 10.8 Å². The first-order valence-corrected chi connectivity index (χ1v) is 8.08.